The summed E-state index contributed by atoms with van der Waals surface area (Å²) < 4.78 is 8.73. The second kappa shape index (κ2) is 7.94. The topological polar surface area (TPSA) is 77.2 Å². The first kappa shape index (κ1) is 18.5. The molecule has 0 aliphatic carbocycles. The molecule has 0 radical (unpaired) electrons. The molecule has 2 amide bonds. The summed E-state index contributed by atoms with van der Waals surface area (Å²) in [6.45, 7) is 5.19. The summed E-state index contributed by atoms with van der Waals surface area (Å²) in [4.78, 5) is 14.2. The van der Waals surface area contributed by atoms with E-state index in [-0.39, 0.29) is 6.03 Å². The minimum Gasteiger partial charge on any atom is -0.497 e. The van der Waals surface area contributed by atoms with Crippen LogP contribution in [0.3, 0.4) is 0 Å². The number of rotatable bonds is 6. The van der Waals surface area contributed by atoms with Crippen molar-refractivity contribution in [3.05, 3.63) is 54.0 Å². The van der Waals surface area contributed by atoms with Crippen molar-refractivity contribution < 1.29 is 9.53 Å². The van der Waals surface area contributed by atoms with Gasteiger partial charge in [-0.3, -0.25) is 10.00 Å². The number of methoxy groups -OCH3 is 1. The Kier molecular flexibility index (Phi) is 5.44. The van der Waals surface area contributed by atoms with Gasteiger partial charge in [-0.05, 0) is 38.1 Å². The summed E-state index contributed by atoms with van der Waals surface area (Å²) in [5, 5.41) is 11.6. The third-order valence-corrected chi connectivity index (χ3v) is 4.16. The van der Waals surface area contributed by atoms with Crippen molar-refractivity contribution in [3.63, 3.8) is 0 Å². The van der Waals surface area contributed by atoms with Crippen LogP contribution in [0.1, 0.15) is 18.2 Å². The summed E-state index contributed by atoms with van der Waals surface area (Å²) in [6, 6.07) is 9.12. The monoisotopic (exact) mass is 368 g/mol. The maximum Gasteiger partial charge on any atom is 0.323 e. The Labute approximate surface area is 158 Å². The molecule has 8 heteroatoms. The molecule has 8 nitrogen and oxygen atoms in total. The van der Waals surface area contributed by atoms with Crippen LogP contribution in [0.2, 0.25) is 0 Å². The maximum atomic E-state index is 12.6. The minimum absolute atomic E-state index is 0.214. The number of urea groups is 1. The fourth-order valence-corrected chi connectivity index (χ4v) is 2.72. The third kappa shape index (κ3) is 4.28. The molecule has 27 heavy (non-hydrogen) atoms. The van der Waals surface area contributed by atoms with E-state index in [9.17, 15) is 4.79 Å². The Bertz CT molecular complexity index is 913. The van der Waals surface area contributed by atoms with Gasteiger partial charge in [0.2, 0.25) is 0 Å². The largest absolute Gasteiger partial charge is 0.497 e. The maximum absolute atomic E-state index is 12.6. The molecule has 0 fully saturated rings. The molecule has 0 unspecified atom stereocenters. The fourth-order valence-electron chi connectivity index (χ4n) is 2.72. The van der Waals surface area contributed by atoms with Crippen LogP contribution in [0.25, 0.3) is 5.69 Å². The quantitative estimate of drug-likeness (QED) is 0.725. The number of ether oxygens (including phenoxy) is 1. The molecule has 3 aromatic rings. The molecule has 1 aromatic carbocycles. The molecule has 0 atom stereocenters. The molecular weight excluding hydrogens is 344 g/mol. The molecule has 142 valence electrons. The number of amides is 2. The van der Waals surface area contributed by atoms with Gasteiger partial charge in [-0.25, -0.2) is 9.48 Å². The van der Waals surface area contributed by atoms with Crippen molar-refractivity contribution in [2.24, 2.45) is 0 Å². The Morgan fingerprint density at radius 3 is 2.67 bits per heavy atom. The van der Waals surface area contributed by atoms with Crippen LogP contribution in [0.5, 0.6) is 5.75 Å². The van der Waals surface area contributed by atoms with Gasteiger partial charge in [0.25, 0.3) is 0 Å². The number of aryl methyl sites for hydroxylation is 2. The van der Waals surface area contributed by atoms with E-state index in [1.165, 1.54) is 0 Å². The highest BCUT2D eigenvalue weighted by Crippen LogP contribution is 2.20. The lowest BCUT2D eigenvalue weighted by molar-refractivity contribution is 0.220. The normalized spacial score (nSPS) is 10.7. The molecule has 0 saturated heterocycles. The van der Waals surface area contributed by atoms with E-state index in [1.54, 1.807) is 29.9 Å². The van der Waals surface area contributed by atoms with Gasteiger partial charge < -0.3 is 9.64 Å². The Hall–Kier alpha value is -3.29. The predicted octanol–water partition coefficient (Wildman–Crippen LogP) is 3.07. The van der Waals surface area contributed by atoms with Gasteiger partial charge in [0.15, 0.2) is 0 Å². The van der Waals surface area contributed by atoms with Gasteiger partial charge >= 0.3 is 6.03 Å². The number of nitrogens with zero attached hydrogens (tertiary/aromatic N) is 5. The second-order valence-corrected chi connectivity index (χ2v) is 6.27. The Morgan fingerprint density at radius 2 is 2.04 bits per heavy atom. The van der Waals surface area contributed by atoms with Crippen LogP contribution < -0.4 is 10.1 Å². The van der Waals surface area contributed by atoms with E-state index < -0.39 is 0 Å². The molecule has 0 bridgehead atoms. The van der Waals surface area contributed by atoms with Crippen molar-refractivity contribution in [2.75, 3.05) is 19.5 Å². The van der Waals surface area contributed by atoms with Gasteiger partial charge in [0.05, 0.1) is 31.2 Å². The third-order valence-electron chi connectivity index (χ3n) is 4.16. The van der Waals surface area contributed by atoms with Crippen molar-refractivity contribution in [1.82, 2.24) is 24.5 Å². The van der Waals surface area contributed by atoms with Crippen molar-refractivity contribution in [3.8, 4) is 11.4 Å². The SMILES string of the molecule is CCn1cc(CN(C)C(=O)Nc2cc(C)nn2-c2ccc(OC)cc2)cn1. The van der Waals surface area contributed by atoms with Crippen LogP contribution in [0.15, 0.2) is 42.7 Å². The van der Waals surface area contributed by atoms with Crippen LogP contribution in [-0.2, 0) is 13.1 Å². The molecule has 2 heterocycles. The molecule has 0 spiro atoms. The Morgan fingerprint density at radius 1 is 1.30 bits per heavy atom. The van der Waals surface area contributed by atoms with Crippen LogP contribution in [-0.4, -0.2) is 44.6 Å². The zero-order valence-corrected chi connectivity index (χ0v) is 16.0. The summed E-state index contributed by atoms with van der Waals surface area (Å²) in [7, 11) is 3.37. The highest BCUT2D eigenvalue weighted by molar-refractivity contribution is 5.88. The predicted molar refractivity (Wildman–Crippen MR) is 103 cm³/mol. The molecular formula is C19H24N6O2. The average molecular weight is 368 g/mol. The van der Waals surface area contributed by atoms with Crippen LogP contribution in [0.4, 0.5) is 10.6 Å². The van der Waals surface area contributed by atoms with E-state index in [4.69, 9.17) is 4.74 Å². The first-order valence-corrected chi connectivity index (χ1v) is 8.74. The van der Waals surface area contributed by atoms with Gasteiger partial charge in [0.1, 0.15) is 11.6 Å². The molecule has 0 saturated carbocycles. The number of hydrogen-bond acceptors (Lipinski definition) is 4. The zero-order valence-electron chi connectivity index (χ0n) is 16.0. The molecule has 1 N–H and O–H groups in total. The first-order valence-electron chi connectivity index (χ1n) is 8.74. The van der Waals surface area contributed by atoms with Gasteiger partial charge in [0, 0.05) is 31.4 Å². The van der Waals surface area contributed by atoms with Crippen LogP contribution in [0, 0.1) is 6.92 Å². The highest BCUT2D eigenvalue weighted by Gasteiger charge is 2.15. The molecule has 3 rings (SSSR count). The summed E-state index contributed by atoms with van der Waals surface area (Å²) in [6.07, 6.45) is 3.72. The van der Waals surface area contributed by atoms with E-state index in [1.807, 2.05) is 55.1 Å². The first-order chi connectivity index (χ1) is 13.0. The lowest BCUT2D eigenvalue weighted by Gasteiger charge is -2.17. The lowest BCUT2D eigenvalue weighted by atomic mass is 10.3. The van der Waals surface area contributed by atoms with Gasteiger partial charge in [-0.2, -0.15) is 10.2 Å². The lowest BCUT2D eigenvalue weighted by Crippen LogP contribution is -2.31. The Balaban J connectivity index is 1.73. The number of anilines is 1. The summed E-state index contributed by atoms with van der Waals surface area (Å²) in [5.41, 5.74) is 2.63. The fraction of sp³-hybridized carbons (Fsp3) is 0.316. The van der Waals surface area contributed by atoms with E-state index >= 15 is 0 Å². The number of aromatic nitrogens is 4. The van der Waals surface area contributed by atoms with Crippen molar-refractivity contribution in [1.29, 1.82) is 0 Å². The number of nitrogens with one attached hydrogen (secondary N) is 1. The number of carbonyl (C=O) groups is 1. The van der Waals surface area contributed by atoms with Crippen molar-refractivity contribution in [2.45, 2.75) is 26.9 Å². The van der Waals surface area contributed by atoms with Crippen molar-refractivity contribution >= 4 is 11.8 Å². The molecule has 2 aromatic heterocycles. The minimum atomic E-state index is -0.214. The van der Waals surface area contributed by atoms with Gasteiger partial charge in [-0.1, -0.05) is 0 Å². The van der Waals surface area contributed by atoms with E-state index in [0.29, 0.717) is 12.4 Å². The zero-order chi connectivity index (χ0) is 19.4. The van der Waals surface area contributed by atoms with Crippen LogP contribution >= 0.6 is 0 Å². The highest BCUT2D eigenvalue weighted by atomic mass is 16.5. The van der Waals surface area contributed by atoms with E-state index in [2.05, 4.69) is 15.5 Å². The number of hydrogen-bond donors (Lipinski definition) is 1. The summed E-state index contributed by atoms with van der Waals surface area (Å²) >= 11 is 0. The number of benzene rings is 1. The number of carbonyl (C=O) groups excluding carboxylic acids is 1. The molecule has 0 aliphatic heterocycles. The smallest absolute Gasteiger partial charge is 0.323 e. The van der Waals surface area contributed by atoms with Gasteiger partial charge in [-0.15, -0.1) is 0 Å². The standard InChI is InChI=1S/C19H24N6O2/c1-5-24-13-15(11-20-24)12-23(3)19(26)21-18-10-14(2)22-25(18)16-6-8-17(27-4)9-7-16/h6-11,13H,5,12H2,1-4H3,(H,21,26). The average Bonchev–Trinajstić information content (AvgIpc) is 3.27. The van der Waals surface area contributed by atoms with E-state index in [0.717, 1.165) is 29.2 Å². The second-order valence-electron chi connectivity index (χ2n) is 6.27. The summed E-state index contributed by atoms with van der Waals surface area (Å²) in [5.74, 6) is 1.37. The molecule has 0 aliphatic rings.